The Morgan fingerprint density at radius 3 is 1.68 bits per heavy atom. The third-order valence-corrected chi connectivity index (χ3v) is 12.3. The van der Waals surface area contributed by atoms with Gasteiger partial charge in [0.25, 0.3) is 0 Å². The molecular formula is C48H27NS. The summed E-state index contributed by atoms with van der Waals surface area (Å²) in [5, 5.41) is 13.1. The molecule has 12 rings (SSSR count). The molecule has 1 aliphatic carbocycles. The molecule has 2 aromatic heterocycles. The summed E-state index contributed by atoms with van der Waals surface area (Å²) in [6.07, 6.45) is 0. The lowest BCUT2D eigenvalue weighted by atomic mass is 9.91. The minimum Gasteiger partial charge on any atom is -0.307 e. The van der Waals surface area contributed by atoms with Crippen LogP contribution in [0.4, 0.5) is 0 Å². The van der Waals surface area contributed by atoms with Crippen molar-refractivity contribution in [3.8, 4) is 39.1 Å². The summed E-state index contributed by atoms with van der Waals surface area (Å²) in [5.74, 6) is 0. The van der Waals surface area contributed by atoms with Gasteiger partial charge in [-0.1, -0.05) is 146 Å². The monoisotopic (exact) mass is 649 g/mol. The van der Waals surface area contributed by atoms with Gasteiger partial charge in [0.05, 0.1) is 21.4 Å². The second kappa shape index (κ2) is 9.69. The van der Waals surface area contributed by atoms with Crippen molar-refractivity contribution in [2.75, 3.05) is 0 Å². The Hall–Kier alpha value is -6.22. The summed E-state index contributed by atoms with van der Waals surface area (Å²) >= 11 is 1.92. The summed E-state index contributed by atoms with van der Waals surface area (Å²) in [6.45, 7) is 0. The summed E-state index contributed by atoms with van der Waals surface area (Å²) in [4.78, 5) is 0. The van der Waals surface area contributed by atoms with Crippen molar-refractivity contribution in [3.63, 3.8) is 0 Å². The first-order chi connectivity index (χ1) is 24.8. The van der Waals surface area contributed by atoms with Crippen LogP contribution in [-0.4, -0.2) is 4.57 Å². The largest absolute Gasteiger partial charge is 0.307 e. The molecule has 9 aromatic carbocycles. The maximum atomic E-state index is 2.56. The van der Waals surface area contributed by atoms with Crippen LogP contribution in [-0.2, 0) is 0 Å². The zero-order valence-electron chi connectivity index (χ0n) is 26.9. The molecule has 0 amide bonds. The highest BCUT2D eigenvalue weighted by Crippen LogP contribution is 2.51. The van der Waals surface area contributed by atoms with Gasteiger partial charge in [-0.3, -0.25) is 0 Å². The molecule has 0 fully saturated rings. The van der Waals surface area contributed by atoms with E-state index in [-0.39, 0.29) is 0 Å². The number of aromatic nitrogens is 1. The van der Waals surface area contributed by atoms with Gasteiger partial charge in [-0.15, -0.1) is 11.3 Å². The van der Waals surface area contributed by atoms with E-state index in [1.807, 2.05) is 11.3 Å². The molecule has 1 nitrogen and oxygen atoms in total. The average molecular weight is 650 g/mol. The van der Waals surface area contributed by atoms with E-state index in [1.54, 1.807) is 0 Å². The normalized spacial score (nSPS) is 12.4. The number of fused-ring (bicyclic) bond motifs is 14. The number of para-hydroxylation sites is 1. The molecule has 2 heteroatoms. The Balaban J connectivity index is 1.21. The van der Waals surface area contributed by atoms with E-state index in [0.717, 1.165) is 0 Å². The number of rotatable bonds is 2. The van der Waals surface area contributed by atoms with Crippen LogP contribution >= 0.6 is 11.3 Å². The van der Waals surface area contributed by atoms with Crippen LogP contribution in [0.3, 0.4) is 0 Å². The lowest BCUT2D eigenvalue weighted by Crippen LogP contribution is -1.97. The van der Waals surface area contributed by atoms with Gasteiger partial charge >= 0.3 is 0 Å². The highest BCUT2D eigenvalue weighted by Gasteiger charge is 2.25. The molecule has 0 atom stereocenters. The van der Waals surface area contributed by atoms with Crippen LogP contribution in [0.1, 0.15) is 0 Å². The Kier molecular flexibility index (Phi) is 5.18. The molecule has 0 aliphatic heterocycles. The fraction of sp³-hybridized carbons (Fsp3) is 0. The molecule has 2 heterocycles. The van der Waals surface area contributed by atoms with Crippen molar-refractivity contribution in [3.05, 3.63) is 164 Å². The quantitative estimate of drug-likeness (QED) is 0.176. The van der Waals surface area contributed by atoms with Gasteiger partial charge in [-0.25, -0.2) is 0 Å². The van der Waals surface area contributed by atoms with Gasteiger partial charge in [-0.2, -0.15) is 0 Å². The number of thiophene rings is 1. The van der Waals surface area contributed by atoms with Crippen LogP contribution in [0.15, 0.2) is 164 Å². The van der Waals surface area contributed by atoms with Gasteiger partial charge < -0.3 is 4.57 Å². The van der Waals surface area contributed by atoms with Crippen molar-refractivity contribution in [1.82, 2.24) is 4.57 Å². The lowest BCUT2D eigenvalue weighted by Gasteiger charge is -2.17. The zero-order valence-corrected chi connectivity index (χ0v) is 27.8. The van der Waals surface area contributed by atoms with Crippen LogP contribution in [0.5, 0.6) is 0 Å². The molecule has 0 spiro atoms. The lowest BCUT2D eigenvalue weighted by molar-refractivity contribution is 1.21. The highest BCUT2D eigenvalue weighted by molar-refractivity contribution is 7.27. The van der Waals surface area contributed by atoms with Crippen molar-refractivity contribution >= 4 is 85.6 Å². The first-order valence-corrected chi connectivity index (χ1v) is 18.1. The minimum atomic E-state index is 1.21. The Morgan fingerprint density at radius 2 is 0.860 bits per heavy atom. The molecule has 50 heavy (non-hydrogen) atoms. The summed E-state index contributed by atoms with van der Waals surface area (Å²) in [6, 6.07) is 60.9. The van der Waals surface area contributed by atoms with Crippen molar-refractivity contribution in [1.29, 1.82) is 0 Å². The number of hydrogen-bond donors (Lipinski definition) is 0. The minimum absolute atomic E-state index is 1.21. The molecule has 0 radical (unpaired) electrons. The number of hydrogen-bond acceptors (Lipinski definition) is 1. The van der Waals surface area contributed by atoms with Crippen molar-refractivity contribution < 1.29 is 0 Å². The van der Waals surface area contributed by atoms with E-state index < -0.39 is 0 Å². The third-order valence-electron chi connectivity index (χ3n) is 11.1. The molecule has 0 N–H and O–H groups in total. The second-order valence-electron chi connectivity index (χ2n) is 13.5. The second-order valence-corrected chi connectivity index (χ2v) is 14.6. The van der Waals surface area contributed by atoms with E-state index >= 15 is 0 Å². The Morgan fingerprint density at radius 1 is 0.320 bits per heavy atom. The molecule has 0 unspecified atom stereocenters. The van der Waals surface area contributed by atoms with E-state index in [9.17, 15) is 0 Å². The number of benzene rings is 9. The van der Waals surface area contributed by atoms with Gasteiger partial charge in [-0.05, 0) is 78.5 Å². The summed E-state index contributed by atoms with van der Waals surface area (Å²) < 4.78 is 5.23. The van der Waals surface area contributed by atoms with Crippen LogP contribution in [0, 0.1) is 0 Å². The summed E-state index contributed by atoms with van der Waals surface area (Å²) in [5.41, 5.74) is 11.6. The van der Waals surface area contributed by atoms with E-state index in [4.69, 9.17) is 0 Å². The maximum absolute atomic E-state index is 2.56. The van der Waals surface area contributed by atoms with Gasteiger partial charge in [0, 0.05) is 31.6 Å². The van der Waals surface area contributed by atoms with E-state index in [1.165, 1.54) is 113 Å². The van der Waals surface area contributed by atoms with Gasteiger partial charge in [0.1, 0.15) is 0 Å². The zero-order chi connectivity index (χ0) is 32.5. The van der Waals surface area contributed by atoms with Gasteiger partial charge in [0.2, 0.25) is 0 Å². The molecule has 0 saturated carbocycles. The Bertz CT molecular complexity index is 3240. The molecular weight excluding hydrogens is 623 g/mol. The van der Waals surface area contributed by atoms with Crippen LogP contribution in [0.2, 0.25) is 0 Å². The van der Waals surface area contributed by atoms with E-state index in [0.29, 0.717) is 0 Å². The first-order valence-electron chi connectivity index (χ1n) is 17.3. The molecule has 0 bridgehead atoms. The SMILES string of the molecule is c1ccc2c(c1)-c1cccc3c(-c4ccc(-n5c6ccccc6c6c7ccccc7c7c8ccccc8sc7c65)c5ccccc45)ccc-2c13. The van der Waals surface area contributed by atoms with Crippen LogP contribution < -0.4 is 0 Å². The molecule has 0 saturated heterocycles. The highest BCUT2D eigenvalue weighted by atomic mass is 32.1. The van der Waals surface area contributed by atoms with Crippen molar-refractivity contribution in [2.45, 2.75) is 0 Å². The standard InChI is InChI=1S/C48H27NS/c1-2-14-30-29(13-1)34-20-11-21-35-32(24-25-38(30)44(34)35)31-26-27-42(33-15-4-3-12-28(31)33)49-41-22-9-7-18-39(41)45-36-16-5-6-17-37(36)46-40-19-8-10-23-43(40)50-48(46)47(45)49/h1-27H. The maximum Gasteiger partial charge on any atom is 0.0726 e. The summed E-state index contributed by atoms with van der Waals surface area (Å²) in [7, 11) is 0. The first kappa shape index (κ1) is 26.7. The van der Waals surface area contributed by atoms with Crippen LogP contribution in [0.25, 0.3) is 113 Å². The fourth-order valence-corrected chi connectivity index (χ4v) is 10.4. The third kappa shape index (κ3) is 3.31. The Labute approximate surface area is 291 Å². The van der Waals surface area contributed by atoms with E-state index in [2.05, 4.69) is 168 Å². The predicted molar refractivity (Wildman–Crippen MR) is 216 cm³/mol. The van der Waals surface area contributed by atoms with Crippen molar-refractivity contribution in [2.24, 2.45) is 0 Å². The number of nitrogens with zero attached hydrogens (tertiary/aromatic N) is 1. The molecule has 11 aromatic rings. The predicted octanol–water partition coefficient (Wildman–Crippen LogP) is 13.9. The fourth-order valence-electron chi connectivity index (χ4n) is 9.13. The smallest absolute Gasteiger partial charge is 0.0726 e. The molecule has 230 valence electrons. The topological polar surface area (TPSA) is 4.93 Å². The average Bonchev–Trinajstić information content (AvgIpc) is 3.84. The molecule has 1 aliphatic rings. The van der Waals surface area contributed by atoms with Gasteiger partial charge in [0.15, 0.2) is 0 Å².